The lowest BCUT2D eigenvalue weighted by Gasteiger charge is -2.06. The monoisotopic (exact) mass is 350 g/mol. The van der Waals surface area contributed by atoms with Gasteiger partial charge in [0.15, 0.2) is 11.5 Å². The van der Waals surface area contributed by atoms with Crippen molar-refractivity contribution in [3.8, 4) is 11.5 Å². The molecule has 0 saturated heterocycles. The predicted molar refractivity (Wildman–Crippen MR) is 91.4 cm³/mol. The van der Waals surface area contributed by atoms with Crippen LogP contribution in [-0.2, 0) is 9.78 Å². The van der Waals surface area contributed by atoms with Gasteiger partial charge in [-0.2, -0.15) is 0 Å². The van der Waals surface area contributed by atoms with Crippen molar-refractivity contribution in [2.45, 2.75) is 0 Å². The summed E-state index contributed by atoms with van der Waals surface area (Å²) in [5.41, 5.74) is 0.751. The van der Waals surface area contributed by atoms with Crippen molar-refractivity contribution in [1.82, 2.24) is 0 Å². The number of hydrogen-bond donors (Lipinski definition) is 0. The zero-order valence-electron chi connectivity index (χ0n) is 13.5. The maximum atomic E-state index is 11.8. The molecule has 0 saturated carbocycles. The minimum absolute atomic E-state index is 0.288. The largest absolute Gasteiger partial charge is 0.386 e. The first-order valence-corrected chi connectivity index (χ1v) is 7.70. The third kappa shape index (κ3) is 4.61. The lowest BCUT2D eigenvalue weighted by atomic mass is 10.2. The summed E-state index contributed by atoms with van der Waals surface area (Å²) in [5, 5.41) is 0. The molecule has 0 aliphatic carbocycles. The second-order valence-electron chi connectivity index (χ2n) is 5.11. The Balaban J connectivity index is 1.49. The summed E-state index contributed by atoms with van der Waals surface area (Å²) in [5.74, 6) is -0.641. The van der Waals surface area contributed by atoms with Crippen LogP contribution in [0.5, 0.6) is 11.5 Å². The van der Waals surface area contributed by atoms with Crippen LogP contribution in [0.15, 0.2) is 84.9 Å². The smallest absolute Gasteiger partial charge is 0.287 e. The van der Waals surface area contributed by atoms with Crippen LogP contribution in [0.4, 0.5) is 0 Å². The molecule has 6 nitrogen and oxygen atoms in total. The highest BCUT2D eigenvalue weighted by Crippen LogP contribution is 2.19. The summed E-state index contributed by atoms with van der Waals surface area (Å²) in [6.07, 6.45) is 0. The first-order valence-electron chi connectivity index (χ1n) is 7.70. The molecule has 130 valence electrons. The minimum Gasteiger partial charge on any atom is -0.287 e. The molecule has 6 heteroatoms. The lowest BCUT2D eigenvalue weighted by molar-refractivity contribution is -0.152. The number of hydrogen-bond acceptors (Lipinski definition) is 6. The van der Waals surface area contributed by atoms with Gasteiger partial charge >= 0.3 is 11.9 Å². The third-order valence-corrected chi connectivity index (χ3v) is 3.27. The predicted octanol–water partition coefficient (Wildman–Crippen LogP) is 3.99. The third-order valence-electron chi connectivity index (χ3n) is 3.27. The standard InChI is InChI=1S/C20H14O6/c21-19(15-7-3-1-4-8-15)25-23-17-11-13-18(14-12-17)24-26-20(22)16-9-5-2-6-10-16/h1-14H. The van der Waals surface area contributed by atoms with Crippen LogP contribution in [0, 0.1) is 0 Å². The molecule has 0 spiro atoms. The fraction of sp³-hybridized carbons (Fsp3) is 0. The first-order chi connectivity index (χ1) is 12.7. The second kappa shape index (κ2) is 8.34. The lowest BCUT2D eigenvalue weighted by Crippen LogP contribution is -2.09. The van der Waals surface area contributed by atoms with Gasteiger partial charge in [0.25, 0.3) is 0 Å². The molecule has 0 amide bonds. The minimum atomic E-state index is -0.609. The van der Waals surface area contributed by atoms with Gasteiger partial charge in [-0.05, 0) is 48.5 Å². The molecule has 0 radical (unpaired) electrons. The van der Waals surface area contributed by atoms with Gasteiger partial charge in [-0.25, -0.2) is 19.4 Å². The van der Waals surface area contributed by atoms with Crippen LogP contribution >= 0.6 is 0 Å². The summed E-state index contributed by atoms with van der Waals surface area (Å²) in [6.45, 7) is 0. The molecule has 26 heavy (non-hydrogen) atoms. The van der Waals surface area contributed by atoms with Crippen LogP contribution in [0.1, 0.15) is 20.7 Å². The van der Waals surface area contributed by atoms with Crippen molar-refractivity contribution >= 4 is 11.9 Å². The van der Waals surface area contributed by atoms with Gasteiger partial charge in [-0.15, -0.1) is 0 Å². The molecule has 3 aromatic rings. The molecule has 0 fully saturated rings. The summed E-state index contributed by atoms with van der Waals surface area (Å²) in [6, 6.07) is 22.9. The Kier molecular flexibility index (Phi) is 5.47. The Hall–Kier alpha value is -3.80. The highest BCUT2D eigenvalue weighted by atomic mass is 17.2. The molecular weight excluding hydrogens is 336 g/mol. The first kappa shape index (κ1) is 17.0. The average Bonchev–Trinajstić information content (AvgIpc) is 2.72. The van der Waals surface area contributed by atoms with E-state index in [1.807, 2.05) is 0 Å². The summed E-state index contributed by atoms with van der Waals surface area (Å²) >= 11 is 0. The Morgan fingerprint density at radius 3 is 1.19 bits per heavy atom. The molecule has 0 unspecified atom stereocenters. The van der Waals surface area contributed by atoms with E-state index in [9.17, 15) is 9.59 Å². The van der Waals surface area contributed by atoms with Gasteiger partial charge in [-0.1, -0.05) is 36.4 Å². The zero-order valence-corrected chi connectivity index (χ0v) is 13.5. The van der Waals surface area contributed by atoms with Crippen LogP contribution in [-0.4, -0.2) is 11.9 Å². The Morgan fingerprint density at radius 2 is 0.846 bits per heavy atom. The molecule has 3 rings (SSSR count). The van der Waals surface area contributed by atoms with E-state index in [0.717, 1.165) is 0 Å². The van der Waals surface area contributed by atoms with E-state index in [2.05, 4.69) is 0 Å². The van der Waals surface area contributed by atoms with Crippen LogP contribution in [0.2, 0.25) is 0 Å². The normalized spacial score (nSPS) is 9.85. The molecule has 0 aromatic heterocycles. The van der Waals surface area contributed by atoms with E-state index in [4.69, 9.17) is 19.6 Å². The SMILES string of the molecule is O=C(OOc1ccc(OOC(=O)c2ccccc2)cc1)c1ccccc1. The van der Waals surface area contributed by atoms with E-state index in [0.29, 0.717) is 11.1 Å². The van der Waals surface area contributed by atoms with Crippen LogP contribution in [0.3, 0.4) is 0 Å². The second-order valence-corrected chi connectivity index (χ2v) is 5.11. The number of benzene rings is 3. The average molecular weight is 350 g/mol. The molecular formula is C20H14O6. The molecule has 0 heterocycles. The van der Waals surface area contributed by atoms with E-state index >= 15 is 0 Å². The van der Waals surface area contributed by atoms with Gasteiger partial charge in [-0.3, -0.25) is 9.78 Å². The van der Waals surface area contributed by atoms with Crippen LogP contribution in [0.25, 0.3) is 0 Å². The van der Waals surface area contributed by atoms with Crippen molar-refractivity contribution in [3.63, 3.8) is 0 Å². The van der Waals surface area contributed by atoms with Gasteiger partial charge in [0.05, 0.1) is 11.1 Å². The van der Waals surface area contributed by atoms with Crippen molar-refractivity contribution in [2.24, 2.45) is 0 Å². The topological polar surface area (TPSA) is 71.1 Å². The number of rotatable bonds is 6. The summed E-state index contributed by atoms with van der Waals surface area (Å²) < 4.78 is 0. The molecule has 3 aromatic carbocycles. The molecule has 0 atom stereocenters. The van der Waals surface area contributed by atoms with Gasteiger partial charge in [0, 0.05) is 0 Å². The van der Waals surface area contributed by atoms with E-state index in [1.54, 1.807) is 60.7 Å². The molecule has 0 aliphatic heterocycles. The summed E-state index contributed by atoms with van der Waals surface area (Å²) in [7, 11) is 0. The Labute approximate surface area is 149 Å². The van der Waals surface area contributed by atoms with Crippen molar-refractivity contribution in [1.29, 1.82) is 0 Å². The van der Waals surface area contributed by atoms with Gasteiger partial charge in [0.2, 0.25) is 0 Å². The highest BCUT2D eigenvalue weighted by molar-refractivity contribution is 5.89. The zero-order chi connectivity index (χ0) is 18.2. The fourth-order valence-electron chi connectivity index (χ4n) is 1.97. The maximum Gasteiger partial charge on any atom is 0.386 e. The quantitative estimate of drug-likeness (QED) is 0.494. The Morgan fingerprint density at radius 1 is 0.500 bits per heavy atom. The van der Waals surface area contributed by atoms with Crippen LogP contribution < -0.4 is 9.78 Å². The maximum absolute atomic E-state index is 11.8. The molecule has 0 N–H and O–H groups in total. The number of carbonyl (C=O) groups excluding carboxylic acids is 2. The molecule has 0 aliphatic rings. The van der Waals surface area contributed by atoms with E-state index in [1.165, 1.54) is 24.3 Å². The van der Waals surface area contributed by atoms with Crippen molar-refractivity contribution < 1.29 is 29.1 Å². The van der Waals surface area contributed by atoms with E-state index in [-0.39, 0.29) is 11.5 Å². The van der Waals surface area contributed by atoms with Gasteiger partial charge < -0.3 is 0 Å². The number of carbonyl (C=O) groups is 2. The fourth-order valence-corrected chi connectivity index (χ4v) is 1.97. The van der Waals surface area contributed by atoms with Crippen molar-refractivity contribution in [3.05, 3.63) is 96.1 Å². The molecule has 0 bridgehead atoms. The van der Waals surface area contributed by atoms with Gasteiger partial charge in [0.1, 0.15) is 0 Å². The Bertz CT molecular complexity index is 785. The summed E-state index contributed by atoms with van der Waals surface area (Å²) in [4.78, 5) is 42.9. The van der Waals surface area contributed by atoms with Crippen molar-refractivity contribution in [2.75, 3.05) is 0 Å². The highest BCUT2D eigenvalue weighted by Gasteiger charge is 2.10. The van der Waals surface area contributed by atoms with E-state index < -0.39 is 11.9 Å².